The number of benzene rings is 1. The highest BCUT2D eigenvalue weighted by molar-refractivity contribution is 9.10. The molecule has 0 saturated carbocycles. The molecule has 1 aromatic carbocycles. The van der Waals surface area contributed by atoms with Crippen LogP contribution in [0.25, 0.3) is 0 Å². The Morgan fingerprint density at radius 3 is 3.06 bits per heavy atom. The lowest BCUT2D eigenvalue weighted by Crippen LogP contribution is -2.12. The summed E-state index contributed by atoms with van der Waals surface area (Å²) in [5, 5.41) is 3.45. The zero-order chi connectivity index (χ0) is 11.7. The van der Waals surface area contributed by atoms with Crippen molar-refractivity contribution >= 4 is 21.6 Å². The number of hydrogen-bond donors (Lipinski definition) is 1. The number of anilines is 1. The standard InChI is InChI=1S/C13H11BrN2O/c14-10-7-15-6-5-11(10)16-12-8-17-13-4-2-1-3-9(12)13/h1-7,12H,8H2,(H,15,16). The zero-order valence-corrected chi connectivity index (χ0v) is 10.6. The van der Waals surface area contributed by atoms with E-state index < -0.39 is 0 Å². The summed E-state index contributed by atoms with van der Waals surface area (Å²) in [4.78, 5) is 4.05. The number of para-hydroxylation sites is 1. The van der Waals surface area contributed by atoms with Gasteiger partial charge in [0.05, 0.1) is 16.2 Å². The number of rotatable bonds is 2. The second-order valence-corrected chi connectivity index (χ2v) is 4.76. The lowest BCUT2D eigenvalue weighted by molar-refractivity contribution is 0.340. The Morgan fingerprint density at radius 2 is 2.18 bits per heavy atom. The van der Waals surface area contributed by atoms with E-state index in [1.165, 1.54) is 5.56 Å². The molecule has 3 rings (SSSR count). The van der Waals surface area contributed by atoms with Gasteiger partial charge in [0.2, 0.25) is 0 Å². The highest BCUT2D eigenvalue weighted by Crippen LogP contribution is 2.35. The molecule has 2 aromatic rings. The molecule has 3 nitrogen and oxygen atoms in total. The number of halogens is 1. The second-order valence-electron chi connectivity index (χ2n) is 3.90. The minimum absolute atomic E-state index is 0.199. The van der Waals surface area contributed by atoms with E-state index in [1.807, 2.05) is 24.3 Å². The largest absolute Gasteiger partial charge is 0.491 e. The first-order valence-electron chi connectivity index (χ1n) is 5.42. The van der Waals surface area contributed by atoms with Crippen LogP contribution in [-0.2, 0) is 0 Å². The molecule has 1 atom stereocenters. The van der Waals surface area contributed by atoms with Gasteiger partial charge in [-0.25, -0.2) is 0 Å². The Hall–Kier alpha value is -1.55. The van der Waals surface area contributed by atoms with Crippen LogP contribution in [0.15, 0.2) is 47.2 Å². The van der Waals surface area contributed by atoms with E-state index in [1.54, 1.807) is 12.4 Å². The fourth-order valence-corrected chi connectivity index (χ4v) is 2.33. The predicted octanol–water partition coefficient (Wildman–Crippen LogP) is 3.39. The third kappa shape index (κ3) is 2.00. The average Bonchev–Trinajstić information content (AvgIpc) is 2.76. The number of nitrogens with zero attached hydrogens (tertiary/aromatic N) is 1. The Labute approximate surface area is 108 Å². The third-order valence-electron chi connectivity index (χ3n) is 2.80. The SMILES string of the molecule is Brc1cnccc1NC1COc2ccccc21. The number of nitrogens with one attached hydrogen (secondary N) is 1. The summed E-state index contributed by atoms with van der Waals surface area (Å²) in [7, 11) is 0. The van der Waals surface area contributed by atoms with Gasteiger partial charge >= 0.3 is 0 Å². The van der Waals surface area contributed by atoms with Gasteiger partial charge in [-0.05, 0) is 28.1 Å². The van der Waals surface area contributed by atoms with E-state index in [0.717, 1.165) is 15.9 Å². The minimum atomic E-state index is 0.199. The molecule has 0 saturated heterocycles. The first kappa shape index (κ1) is 10.6. The first-order chi connectivity index (χ1) is 8.34. The van der Waals surface area contributed by atoms with Crippen LogP contribution >= 0.6 is 15.9 Å². The smallest absolute Gasteiger partial charge is 0.124 e. The summed E-state index contributed by atoms with van der Waals surface area (Å²) in [6, 6.07) is 10.3. The number of pyridine rings is 1. The zero-order valence-electron chi connectivity index (χ0n) is 9.06. The predicted molar refractivity (Wildman–Crippen MR) is 70.2 cm³/mol. The highest BCUT2D eigenvalue weighted by atomic mass is 79.9. The topological polar surface area (TPSA) is 34.2 Å². The van der Waals surface area contributed by atoms with Gasteiger partial charge < -0.3 is 10.1 Å². The molecule has 1 aromatic heterocycles. The maximum absolute atomic E-state index is 5.63. The fraction of sp³-hybridized carbons (Fsp3) is 0.154. The van der Waals surface area contributed by atoms with E-state index in [9.17, 15) is 0 Å². The van der Waals surface area contributed by atoms with E-state index in [2.05, 4.69) is 32.3 Å². The number of fused-ring (bicyclic) bond motifs is 1. The van der Waals surface area contributed by atoms with Crippen molar-refractivity contribution in [3.63, 3.8) is 0 Å². The van der Waals surface area contributed by atoms with Crippen LogP contribution in [0.3, 0.4) is 0 Å². The summed E-state index contributed by atoms with van der Waals surface area (Å²) < 4.78 is 6.59. The molecule has 0 amide bonds. The van der Waals surface area contributed by atoms with E-state index in [0.29, 0.717) is 6.61 Å². The molecule has 1 aliphatic heterocycles. The van der Waals surface area contributed by atoms with Crippen molar-refractivity contribution in [2.45, 2.75) is 6.04 Å². The normalized spacial score (nSPS) is 17.4. The number of aromatic nitrogens is 1. The van der Waals surface area contributed by atoms with Gasteiger partial charge in [0.1, 0.15) is 12.4 Å². The molecule has 0 fully saturated rings. The van der Waals surface area contributed by atoms with Crippen LogP contribution in [-0.4, -0.2) is 11.6 Å². The van der Waals surface area contributed by atoms with Crippen LogP contribution in [0, 0.1) is 0 Å². The van der Waals surface area contributed by atoms with Crippen molar-refractivity contribution in [1.82, 2.24) is 4.98 Å². The van der Waals surface area contributed by atoms with Crippen molar-refractivity contribution in [2.75, 3.05) is 11.9 Å². The highest BCUT2D eigenvalue weighted by Gasteiger charge is 2.23. The van der Waals surface area contributed by atoms with Crippen LogP contribution < -0.4 is 10.1 Å². The molecule has 0 aliphatic carbocycles. The van der Waals surface area contributed by atoms with Crippen molar-refractivity contribution in [3.05, 3.63) is 52.8 Å². The molecular formula is C13H11BrN2O. The van der Waals surface area contributed by atoms with Crippen LogP contribution in [0.4, 0.5) is 5.69 Å². The molecule has 86 valence electrons. The maximum Gasteiger partial charge on any atom is 0.124 e. The van der Waals surface area contributed by atoms with Gasteiger partial charge in [-0.3, -0.25) is 4.98 Å². The third-order valence-corrected chi connectivity index (χ3v) is 3.43. The second kappa shape index (κ2) is 4.37. The summed E-state index contributed by atoms with van der Waals surface area (Å²) in [6.45, 7) is 0.661. The Bertz CT molecular complexity index is 544. The van der Waals surface area contributed by atoms with Crippen LogP contribution in [0.1, 0.15) is 11.6 Å². The lowest BCUT2D eigenvalue weighted by atomic mass is 10.1. The van der Waals surface area contributed by atoms with Crippen LogP contribution in [0.2, 0.25) is 0 Å². The Balaban J connectivity index is 1.87. The lowest BCUT2D eigenvalue weighted by Gasteiger charge is -2.14. The monoisotopic (exact) mass is 290 g/mol. The maximum atomic E-state index is 5.63. The first-order valence-corrected chi connectivity index (χ1v) is 6.21. The summed E-state index contributed by atoms with van der Waals surface area (Å²) in [5.41, 5.74) is 2.24. The summed E-state index contributed by atoms with van der Waals surface area (Å²) in [6.07, 6.45) is 3.55. The van der Waals surface area contributed by atoms with Gasteiger partial charge in [0, 0.05) is 18.0 Å². The molecular weight excluding hydrogens is 280 g/mol. The van der Waals surface area contributed by atoms with E-state index >= 15 is 0 Å². The van der Waals surface area contributed by atoms with Crippen molar-refractivity contribution in [1.29, 1.82) is 0 Å². The van der Waals surface area contributed by atoms with E-state index in [4.69, 9.17) is 4.74 Å². The number of hydrogen-bond acceptors (Lipinski definition) is 3. The van der Waals surface area contributed by atoms with Gasteiger partial charge in [0.25, 0.3) is 0 Å². The minimum Gasteiger partial charge on any atom is -0.491 e. The van der Waals surface area contributed by atoms with Gasteiger partial charge in [0.15, 0.2) is 0 Å². The Morgan fingerprint density at radius 1 is 1.29 bits per heavy atom. The molecule has 17 heavy (non-hydrogen) atoms. The van der Waals surface area contributed by atoms with Gasteiger partial charge in [-0.1, -0.05) is 18.2 Å². The molecule has 1 unspecified atom stereocenters. The van der Waals surface area contributed by atoms with Gasteiger partial charge in [-0.2, -0.15) is 0 Å². The van der Waals surface area contributed by atoms with Crippen LogP contribution in [0.5, 0.6) is 5.75 Å². The summed E-state index contributed by atoms with van der Waals surface area (Å²) in [5.74, 6) is 0.968. The molecule has 4 heteroatoms. The summed E-state index contributed by atoms with van der Waals surface area (Å²) >= 11 is 3.48. The molecule has 0 radical (unpaired) electrons. The van der Waals surface area contributed by atoms with Gasteiger partial charge in [-0.15, -0.1) is 0 Å². The molecule has 2 heterocycles. The van der Waals surface area contributed by atoms with Crippen molar-refractivity contribution < 1.29 is 4.74 Å². The van der Waals surface area contributed by atoms with E-state index in [-0.39, 0.29) is 6.04 Å². The molecule has 1 N–H and O–H groups in total. The molecule has 0 spiro atoms. The van der Waals surface area contributed by atoms with Crippen molar-refractivity contribution in [3.8, 4) is 5.75 Å². The molecule has 1 aliphatic rings. The van der Waals surface area contributed by atoms with Crippen molar-refractivity contribution in [2.24, 2.45) is 0 Å². The quantitative estimate of drug-likeness (QED) is 0.921. The molecule has 0 bridgehead atoms. The Kier molecular flexibility index (Phi) is 2.73. The number of ether oxygens (including phenoxy) is 1. The fourth-order valence-electron chi connectivity index (χ4n) is 1.96. The average molecular weight is 291 g/mol.